The molecular formula is C20H23N3O3. The largest absolute Gasteiger partial charge is 0.497 e. The molecule has 3 rings (SSSR count). The van der Waals surface area contributed by atoms with Crippen LogP contribution in [-0.4, -0.2) is 30.9 Å². The van der Waals surface area contributed by atoms with E-state index in [1.807, 2.05) is 60.3 Å². The van der Waals surface area contributed by atoms with Gasteiger partial charge in [-0.05, 0) is 18.2 Å². The highest BCUT2D eigenvalue weighted by atomic mass is 16.5. The monoisotopic (exact) mass is 353 g/mol. The fraction of sp³-hybridized carbons (Fsp3) is 0.250. The molecule has 1 heterocycles. The highest BCUT2D eigenvalue weighted by molar-refractivity contribution is 5.63. The summed E-state index contributed by atoms with van der Waals surface area (Å²) in [7, 11) is 6.92. The van der Waals surface area contributed by atoms with Crippen LogP contribution in [0.25, 0.3) is 11.3 Å². The summed E-state index contributed by atoms with van der Waals surface area (Å²) in [6.45, 7) is 0.572. The SMILES string of the molecule is COc1cccc(-c2cnc(NCc3cccc(OC)c3OC)n2C)c1. The second-order valence-electron chi connectivity index (χ2n) is 5.76. The Hall–Kier alpha value is -3.15. The Balaban J connectivity index is 1.81. The first kappa shape index (κ1) is 17.7. The van der Waals surface area contributed by atoms with Crippen LogP contribution >= 0.6 is 0 Å². The van der Waals surface area contributed by atoms with Crippen LogP contribution in [0.5, 0.6) is 17.2 Å². The van der Waals surface area contributed by atoms with Gasteiger partial charge >= 0.3 is 0 Å². The maximum atomic E-state index is 5.48. The Kier molecular flexibility index (Phi) is 5.31. The van der Waals surface area contributed by atoms with E-state index in [1.54, 1.807) is 21.3 Å². The first-order chi connectivity index (χ1) is 12.7. The van der Waals surface area contributed by atoms with Crippen LogP contribution in [0.3, 0.4) is 0 Å². The molecule has 3 aromatic rings. The maximum absolute atomic E-state index is 5.48. The van der Waals surface area contributed by atoms with Crippen molar-refractivity contribution in [1.29, 1.82) is 0 Å². The average molecular weight is 353 g/mol. The highest BCUT2D eigenvalue weighted by Crippen LogP contribution is 2.31. The number of hydrogen-bond donors (Lipinski definition) is 1. The molecule has 26 heavy (non-hydrogen) atoms. The summed E-state index contributed by atoms with van der Waals surface area (Å²) in [6.07, 6.45) is 1.85. The Morgan fingerprint density at radius 1 is 1.00 bits per heavy atom. The zero-order chi connectivity index (χ0) is 18.5. The van der Waals surface area contributed by atoms with Gasteiger partial charge in [-0.1, -0.05) is 24.3 Å². The Morgan fingerprint density at radius 2 is 1.81 bits per heavy atom. The van der Waals surface area contributed by atoms with Crippen molar-refractivity contribution in [3.05, 3.63) is 54.2 Å². The molecule has 1 aromatic heterocycles. The summed E-state index contributed by atoms with van der Waals surface area (Å²) in [5.74, 6) is 3.03. The average Bonchev–Trinajstić information content (AvgIpc) is 3.06. The van der Waals surface area contributed by atoms with Crippen LogP contribution in [0.4, 0.5) is 5.95 Å². The number of aromatic nitrogens is 2. The van der Waals surface area contributed by atoms with E-state index < -0.39 is 0 Å². The molecular weight excluding hydrogens is 330 g/mol. The molecule has 0 aliphatic rings. The van der Waals surface area contributed by atoms with E-state index in [0.29, 0.717) is 12.3 Å². The lowest BCUT2D eigenvalue weighted by molar-refractivity contribution is 0.352. The van der Waals surface area contributed by atoms with E-state index in [-0.39, 0.29) is 0 Å². The Labute approximate surface area is 153 Å². The number of rotatable bonds is 7. The van der Waals surface area contributed by atoms with Gasteiger partial charge in [0.2, 0.25) is 5.95 Å². The molecule has 1 N–H and O–H groups in total. The minimum Gasteiger partial charge on any atom is -0.497 e. The predicted octanol–water partition coefficient (Wildman–Crippen LogP) is 3.73. The number of nitrogens with one attached hydrogen (secondary N) is 1. The van der Waals surface area contributed by atoms with Crippen molar-refractivity contribution in [3.8, 4) is 28.5 Å². The van der Waals surface area contributed by atoms with E-state index in [1.165, 1.54) is 0 Å². The summed E-state index contributed by atoms with van der Waals surface area (Å²) in [6, 6.07) is 13.7. The van der Waals surface area contributed by atoms with Crippen LogP contribution in [0.1, 0.15) is 5.56 Å². The van der Waals surface area contributed by atoms with Gasteiger partial charge in [0, 0.05) is 24.7 Å². The molecule has 0 fully saturated rings. The number of anilines is 1. The zero-order valence-electron chi connectivity index (χ0n) is 15.4. The van der Waals surface area contributed by atoms with Gasteiger partial charge < -0.3 is 24.1 Å². The minimum atomic E-state index is 0.572. The van der Waals surface area contributed by atoms with Crippen molar-refractivity contribution >= 4 is 5.95 Å². The first-order valence-corrected chi connectivity index (χ1v) is 8.27. The Morgan fingerprint density at radius 3 is 2.54 bits per heavy atom. The zero-order valence-corrected chi connectivity index (χ0v) is 15.4. The summed E-state index contributed by atoms with van der Waals surface area (Å²) in [5.41, 5.74) is 3.05. The third kappa shape index (κ3) is 3.44. The third-order valence-electron chi connectivity index (χ3n) is 4.28. The predicted molar refractivity (Wildman–Crippen MR) is 102 cm³/mol. The van der Waals surface area contributed by atoms with E-state index in [4.69, 9.17) is 14.2 Å². The lowest BCUT2D eigenvalue weighted by Crippen LogP contribution is -2.07. The van der Waals surface area contributed by atoms with Crippen molar-refractivity contribution in [2.24, 2.45) is 7.05 Å². The van der Waals surface area contributed by atoms with Gasteiger partial charge in [0.1, 0.15) is 5.75 Å². The fourth-order valence-electron chi connectivity index (χ4n) is 2.89. The van der Waals surface area contributed by atoms with Gasteiger partial charge in [-0.2, -0.15) is 0 Å². The molecule has 0 spiro atoms. The van der Waals surface area contributed by atoms with Crippen LogP contribution < -0.4 is 19.5 Å². The molecule has 0 amide bonds. The molecule has 136 valence electrons. The summed E-state index contributed by atoms with van der Waals surface area (Å²) in [5, 5.41) is 3.36. The van der Waals surface area contributed by atoms with Crippen LogP contribution in [0.2, 0.25) is 0 Å². The third-order valence-corrected chi connectivity index (χ3v) is 4.28. The first-order valence-electron chi connectivity index (χ1n) is 8.27. The van der Waals surface area contributed by atoms with Crippen molar-refractivity contribution < 1.29 is 14.2 Å². The molecule has 0 unspecified atom stereocenters. The second kappa shape index (κ2) is 7.82. The number of methoxy groups -OCH3 is 3. The quantitative estimate of drug-likeness (QED) is 0.701. The number of para-hydroxylation sites is 1. The van der Waals surface area contributed by atoms with Crippen molar-refractivity contribution in [3.63, 3.8) is 0 Å². The topological polar surface area (TPSA) is 57.5 Å². The number of benzene rings is 2. The second-order valence-corrected chi connectivity index (χ2v) is 5.76. The molecule has 0 atom stereocenters. The van der Waals surface area contributed by atoms with Crippen molar-refractivity contribution in [2.75, 3.05) is 26.6 Å². The van der Waals surface area contributed by atoms with Crippen molar-refractivity contribution in [2.45, 2.75) is 6.54 Å². The van der Waals surface area contributed by atoms with Crippen molar-refractivity contribution in [1.82, 2.24) is 9.55 Å². The summed E-state index contributed by atoms with van der Waals surface area (Å²) < 4.78 is 18.2. The molecule has 0 bridgehead atoms. The molecule has 0 saturated carbocycles. The van der Waals surface area contributed by atoms with Crippen LogP contribution in [0, 0.1) is 0 Å². The van der Waals surface area contributed by atoms with Crippen LogP contribution in [0.15, 0.2) is 48.7 Å². The Bertz CT molecular complexity index is 890. The number of imidazole rings is 1. The smallest absolute Gasteiger partial charge is 0.203 e. The number of ether oxygens (including phenoxy) is 3. The van der Waals surface area contributed by atoms with Gasteiger partial charge in [0.05, 0.1) is 33.2 Å². The lowest BCUT2D eigenvalue weighted by Gasteiger charge is -2.14. The molecule has 0 saturated heterocycles. The summed E-state index contributed by atoms with van der Waals surface area (Å²) in [4.78, 5) is 4.50. The number of hydrogen-bond acceptors (Lipinski definition) is 5. The molecule has 6 heteroatoms. The lowest BCUT2D eigenvalue weighted by atomic mass is 10.1. The highest BCUT2D eigenvalue weighted by Gasteiger charge is 2.12. The fourth-order valence-corrected chi connectivity index (χ4v) is 2.89. The molecule has 0 aliphatic carbocycles. The van der Waals surface area contributed by atoms with E-state index >= 15 is 0 Å². The van der Waals surface area contributed by atoms with Gasteiger partial charge in [0.15, 0.2) is 11.5 Å². The molecule has 0 radical (unpaired) electrons. The molecule has 0 aliphatic heterocycles. The standard InChI is InChI=1S/C20H23N3O3/c1-23-17(14-7-5-9-16(11-14)24-2)13-22-20(23)21-12-15-8-6-10-18(25-3)19(15)26-4/h5-11,13H,12H2,1-4H3,(H,21,22). The van der Waals surface area contributed by atoms with E-state index in [0.717, 1.165) is 34.3 Å². The molecule has 6 nitrogen and oxygen atoms in total. The molecule has 2 aromatic carbocycles. The van der Waals surface area contributed by atoms with Crippen LogP contribution in [-0.2, 0) is 13.6 Å². The van der Waals surface area contributed by atoms with Gasteiger partial charge in [-0.15, -0.1) is 0 Å². The van der Waals surface area contributed by atoms with Gasteiger partial charge in [-0.3, -0.25) is 0 Å². The minimum absolute atomic E-state index is 0.572. The van der Waals surface area contributed by atoms with Gasteiger partial charge in [-0.25, -0.2) is 4.98 Å². The summed E-state index contributed by atoms with van der Waals surface area (Å²) >= 11 is 0. The number of nitrogens with zero attached hydrogens (tertiary/aromatic N) is 2. The maximum Gasteiger partial charge on any atom is 0.203 e. The van der Waals surface area contributed by atoms with E-state index in [9.17, 15) is 0 Å². The van der Waals surface area contributed by atoms with Gasteiger partial charge in [0.25, 0.3) is 0 Å². The van der Waals surface area contributed by atoms with E-state index in [2.05, 4.69) is 10.3 Å². The normalized spacial score (nSPS) is 10.5.